The van der Waals surface area contributed by atoms with Crippen molar-refractivity contribution in [2.24, 2.45) is 0 Å². The smallest absolute Gasteiger partial charge is 0.266 e. The molecule has 1 atom stereocenters. The highest BCUT2D eigenvalue weighted by Gasteiger charge is 2.33. The Kier molecular flexibility index (Phi) is 4.17. The van der Waals surface area contributed by atoms with Gasteiger partial charge >= 0.3 is 0 Å². The van der Waals surface area contributed by atoms with Gasteiger partial charge in [-0.05, 0) is 12.5 Å². The lowest BCUT2D eigenvalue weighted by Gasteiger charge is -2.16. The predicted molar refractivity (Wildman–Crippen MR) is 73.1 cm³/mol. The van der Waals surface area contributed by atoms with Crippen molar-refractivity contribution in [3.63, 3.8) is 0 Å². The van der Waals surface area contributed by atoms with E-state index in [1.54, 1.807) is 0 Å². The van der Waals surface area contributed by atoms with Crippen LogP contribution in [0, 0.1) is 0 Å². The number of H-pyrrole nitrogens is 1. The Bertz CT molecular complexity index is 685. The average Bonchev–Trinajstić information content (AvgIpc) is 2.80. The summed E-state index contributed by atoms with van der Waals surface area (Å²) in [6.07, 6.45) is 1.67. The van der Waals surface area contributed by atoms with Gasteiger partial charge in [-0.2, -0.15) is 4.31 Å². The first-order valence-electron chi connectivity index (χ1n) is 5.96. The third-order valence-electron chi connectivity index (χ3n) is 3.03. The fraction of sp³-hybridized carbons (Fsp3) is 0.455. The van der Waals surface area contributed by atoms with E-state index in [1.165, 1.54) is 11.2 Å². The minimum atomic E-state index is -3.72. The van der Waals surface area contributed by atoms with Crippen molar-refractivity contribution < 1.29 is 13.2 Å². The quantitative estimate of drug-likeness (QED) is 0.814. The van der Waals surface area contributed by atoms with E-state index in [4.69, 9.17) is 11.6 Å². The van der Waals surface area contributed by atoms with E-state index >= 15 is 0 Å². The Hall–Kier alpha value is -1.38. The summed E-state index contributed by atoms with van der Waals surface area (Å²) in [5, 5.41) is 2.51. The molecule has 2 N–H and O–H groups in total. The molecule has 0 bridgehead atoms. The van der Waals surface area contributed by atoms with Crippen molar-refractivity contribution >= 4 is 27.5 Å². The second-order valence-corrected chi connectivity index (χ2v) is 6.91. The van der Waals surface area contributed by atoms with Crippen LogP contribution in [0.25, 0.3) is 0 Å². The van der Waals surface area contributed by atoms with Gasteiger partial charge in [0, 0.05) is 32.3 Å². The third kappa shape index (κ3) is 3.02. The topological polar surface area (TPSA) is 99.3 Å². The van der Waals surface area contributed by atoms with Crippen LogP contribution in [0.4, 0.5) is 0 Å². The van der Waals surface area contributed by atoms with Crippen molar-refractivity contribution in [3.05, 3.63) is 27.6 Å². The van der Waals surface area contributed by atoms with Crippen LogP contribution in [-0.4, -0.2) is 42.7 Å². The van der Waals surface area contributed by atoms with E-state index in [2.05, 4.69) is 10.3 Å². The van der Waals surface area contributed by atoms with Gasteiger partial charge < -0.3 is 10.3 Å². The lowest BCUT2D eigenvalue weighted by molar-refractivity contribution is -0.119. The lowest BCUT2D eigenvalue weighted by atomic mass is 10.3. The Labute approximate surface area is 121 Å². The number of rotatable bonds is 3. The molecule has 9 heteroatoms. The zero-order valence-corrected chi connectivity index (χ0v) is 12.3. The van der Waals surface area contributed by atoms with E-state index < -0.39 is 15.6 Å². The molecular weight excluding hydrogens is 306 g/mol. The molecule has 7 nitrogen and oxygen atoms in total. The molecule has 1 aliphatic rings. The van der Waals surface area contributed by atoms with Gasteiger partial charge in [-0.3, -0.25) is 9.59 Å². The van der Waals surface area contributed by atoms with E-state index in [0.717, 1.165) is 12.3 Å². The first kappa shape index (κ1) is 15.0. The summed E-state index contributed by atoms with van der Waals surface area (Å²) in [4.78, 5) is 24.3. The minimum absolute atomic E-state index is 0.0643. The standard InChI is InChI=1S/C11H14ClN3O4S/c1-7(16)14-8-2-3-15(6-8)20(18,19)9-4-10(12)11(17)13-5-9/h4-5,8H,2-3,6H2,1H3,(H,13,17)(H,14,16). The molecule has 0 aromatic carbocycles. The molecule has 1 aromatic heterocycles. The highest BCUT2D eigenvalue weighted by molar-refractivity contribution is 7.89. The first-order chi connectivity index (χ1) is 9.30. The zero-order valence-electron chi connectivity index (χ0n) is 10.7. The number of pyridine rings is 1. The molecule has 0 aliphatic carbocycles. The number of hydrogen-bond donors (Lipinski definition) is 2. The lowest BCUT2D eigenvalue weighted by Crippen LogP contribution is -2.37. The number of sulfonamides is 1. The molecule has 1 fully saturated rings. The first-order valence-corrected chi connectivity index (χ1v) is 7.78. The van der Waals surface area contributed by atoms with Crippen LogP contribution < -0.4 is 10.9 Å². The number of aromatic nitrogens is 1. The molecule has 1 aliphatic heterocycles. The van der Waals surface area contributed by atoms with Gasteiger partial charge in [-0.15, -0.1) is 0 Å². The molecule has 1 amide bonds. The van der Waals surface area contributed by atoms with Gasteiger partial charge in [-0.1, -0.05) is 11.6 Å². The molecule has 1 aromatic rings. The van der Waals surface area contributed by atoms with Crippen molar-refractivity contribution in [3.8, 4) is 0 Å². The molecule has 0 saturated carbocycles. The van der Waals surface area contributed by atoms with E-state index in [1.807, 2.05) is 0 Å². The number of nitrogens with one attached hydrogen (secondary N) is 2. The van der Waals surface area contributed by atoms with Crippen LogP contribution >= 0.6 is 11.6 Å². The molecule has 2 rings (SSSR count). The fourth-order valence-corrected chi connectivity index (χ4v) is 3.82. The number of hydrogen-bond acceptors (Lipinski definition) is 4. The third-order valence-corrected chi connectivity index (χ3v) is 5.15. The average molecular weight is 320 g/mol. The van der Waals surface area contributed by atoms with Crippen LogP contribution in [0.5, 0.6) is 0 Å². The van der Waals surface area contributed by atoms with E-state index in [0.29, 0.717) is 13.0 Å². The van der Waals surface area contributed by atoms with E-state index in [-0.39, 0.29) is 28.4 Å². The van der Waals surface area contributed by atoms with Crippen LogP contribution in [0.15, 0.2) is 22.0 Å². The Balaban J connectivity index is 2.21. The summed E-state index contributed by atoms with van der Waals surface area (Å²) in [7, 11) is -3.72. The Morgan fingerprint density at radius 2 is 2.25 bits per heavy atom. The maximum absolute atomic E-state index is 12.4. The fourth-order valence-electron chi connectivity index (χ4n) is 2.09. The Morgan fingerprint density at radius 1 is 1.55 bits per heavy atom. The summed E-state index contributed by atoms with van der Waals surface area (Å²) in [5.41, 5.74) is -0.539. The second kappa shape index (κ2) is 5.55. The maximum Gasteiger partial charge on any atom is 0.266 e. The highest BCUT2D eigenvalue weighted by Crippen LogP contribution is 2.21. The molecular formula is C11H14ClN3O4S. The molecule has 1 unspecified atom stereocenters. The van der Waals surface area contributed by atoms with Crippen molar-refractivity contribution in [1.29, 1.82) is 0 Å². The molecule has 110 valence electrons. The van der Waals surface area contributed by atoms with Gasteiger partial charge in [0.1, 0.15) is 5.02 Å². The second-order valence-electron chi connectivity index (χ2n) is 4.56. The summed E-state index contributed by atoms with van der Waals surface area (Å²) >= 11 is 5.64. The van der Waals surface area contributed by atoms with Gasteiger partial charge in [0.05, 0.1) is 4.90 Å². The van der Waals surface area contributed by atoms with Crippen LogP contribution in [0.2, 0.25) is 5.02 Å². The van der Waals surface area contributed by atoms with Gasteiger partial charge in [-0.25, -0.2) is 8.42 Å². The molecule has 0 radical (unpaired) electrons. The molecule has 20 heavy (non-hydrogen) atoms. The maximum atomic E-state index is 12.4. The van der Waals surface area contributed by atoms with Crippen molar-refractivity contribution in [2.45, 2.75) is 24.3 Å². The molecule has 0 spiro atoms. The summed E-state index contributed by atoms with van der Waals surface area (Å²) in [5.74, 6) is -0.193. The van der Waals surface area contributed by atoms with Crippen molar-refractivity contribution in [2.75, 3.05) is 13.1 Å². The zero-order chi connectivity index (χ0) is 14.9. The Morgan fingerprint density at radius 3 is 2.85 bits per heavy atom. The highest BCUT2D eigenvalue weighted by atomic mass is 35.5. The van der Waals surface area contributed by atoms with Crippen molar-refractivity contribution in [1.82, 2.24) is 14.6 Å². The van der Waals surface area contributed by atoms with Crippen LogP contribution in [-0.2, 0) is 14.8 Å². The number of aromatic amines is 1. The van der Waals surface area contributed by atoms with Crippen LogP contribution in [0.1, 0.15) is 13.3 Å². The normalized spacial score (nSPS) is 20.0. The van der Waals surface area contributed by atoms with Gasteiger partial charge in [0.25, 0.3) is 5.56 Å². The van der Waals surface area contributed by atoms with Gasteiger partial charge in [0.15, 0.2) is 0 Å². The predicted octanol–water partition coefficient (Wildman–Crippen LogP) is -0.0726. The SMILES string of the molecule is CC(=O)NC1CCN(S(=O)(=O)c2c[nH]c(=O)c(Cl)c2)C1. The summed E-state index contributed by atoms with van der Waals surface area (Å²) in [6.45, 7) is 1.90. The molecule has 1 saturated heterocycles. The van der Waals surface area contributed by atoms with E-state index in [9.17, 15) is 18.0 Å². The monoisotopic (exact) mass is 319 g/mol. The number of amides is 1. The summed E-state index contributed by atoms with van der Waals surface area (Å²) < 4.78 is 26.0. The van der Waals surface area contributed by atoms with Gasteiger partial charge in [0.2, 0.25) is 15.9 Å². The number of carbonyl (C=O) groups excluding carboxylic acids is 1. The largest absolute Gasteiger partial charge is 0.352 e. The minimum Gasteiger partial charge on any atom is -0.352 e. The number of halogens is 1. The number of carbonyl (C=O) groups is 1. The number of nitrogens with zero attached hydrogens (tertiary/aromatic N) is 1. The van der Waals surface area contributed by atoms with Crippen LogP contribution in [0.3, 0.4) is 0 Å². The summed E-state index contributed by atoms with van der Waals surface area (Å²) in [6, 6.07) is 0.932. The molecule has 2 heterocycles.